The van der Waals surface area contributed by atoms with Gasteiger partial charge in [0.25, 0.3) is 0 Å². The molecule has 1 atom stereocenters. The van der Waals surface area contributed by atoms with Gasteiger partial charge in [-0.3, -0.25) is 0 Å². The average molecular weight is 503 g/mol. The van der Waals surface area contributed by atoms with E-state index in [1.165, 1.54) is 12.1 Å². The van der Waals surface area contributed by atoms with Gasteiger partial charge in [-0.2, -0.15) is 31.6 Å². The van der Waals surface area contributed by atoms with Crippen molar-refractivity contribution in [2.24, 2.45) is 0 Å². The first kappa shape index (κ1) is 21.7. The van der Waals surface area contributed by atoms with Crippen LogP contribution in [0.25, 0.3) is 0 Å². The lowest BCUT2D eigenvalue weighted by Crippen LogP contribution is -2.65. The maximum Gasteiger partial charge on any atom is 0.433 e. The van der Waals surface area contributed by atoms with Crippen molar-refractivity contribution in [2.75, 3.05) is 0 Å². The van der Waals surface area contributed by atoms with E-state index in [1.54, 1.807) is 35.6 Å². The number of nitrogens with zero attached hydrogens (tertiary/aromatic N) is 1. The van der Waals surface area contributed by atoms with Crippen LogP contribution in [0.2, 0.25) is 0 Å². The molecule has 2 rings (SSSR count). The Hall–Kier alpha value is -1.57. The maximum absolute atomic E-state index is 15.4. The summed E-state index contributed by atoms with van der Waals surface area (Å²) in [6, 6.07) is 6.05. The van der Waals surface area contributed by atoms with Crippen LogP contribution in [0, 0.1) is 11.3 Å². The highest BCUT2D eigenvalue weighted by Crippen LogP contribution is 2.60. The molecule has 146 valence electrons. The number of hydrogen-bond acceptors (Lipinski definition) is 1. The molecule has 0 N–H and O–H groups in total. The number of benzene rings is 1. The van der Waals surface area contributed by atoms with Crippen LogP contribution in [0.15, 0.2) is 45.6 Å². The molecular formula is C18H13F7IN. The standard InChI is InChI=1S/C18H13F7IN/c1-2-11-7-13(26)9-15(8-11,14-6-4-3-5-12(14)10-27)16(19,17(20,21)22)18(23,24)25/h3-6,8-9H,2,7H2,1H3. The Morgan fingerprint density at radius 1 is 1.04 bits per heavy atom. The first-order chi connectivity index (χ1) is 12.3. The van der Waals surface area contributed by atoms with E-state index in [1.807, 2.05) is 0 Å². The van der Waals surface area contributed by atoms with Crippen LogP contribution in [-0.4, -0.2) is 18.0 Å². The minimum atomic E-state index is -6.27. The molecule has 1 aliphatic rings. The van der Waals surface area contributed by atoms with E-state index in [-0.39, 0.29) is 22.0 Å². The van der Waals surface area contributed by atoms with Gasteiger partial charge in [0.05, 0.1) is 17.0 Å². The Morgan fingerprint density at radius 3 is 2.07 bits per heavy atom. The highest BCUT2D eigenvalue weighted by Gasteiger charge is 2.81. The summed E-state index contributed by atoms with van der Waals surface area (Å²) in [6.07, 6.45) is -10.9. The van der Waals surface area contributed by atoms with Crippen LogP contribution in [0.1, 0.15) is 30.9 Å². The highest BCUT2D eigenvalue weighted by molar-refractivity contribution is 14.1. The fourth-order valence-electron chi connectivity index (χ4n) is 3.27. The van der Waals surface area contributed by atoms with Crippen molar-refractivity contribution in [3.05, 3.63) is 56.7 Å². The second-order valence-corrected chi connectivity index (χ2v) is 7.49. The first-order valence-corrected chi connectivity index (χ1v) is 8.81. The van der Waals surface area contributed by atoms with Crippen molar-refractivity contribution in [1.29, 1.82) is 5.26 Å². The number of allylic oxidation sites excluding steroid dienone is 4. The molecule has 1 aromatic rings. The van der Waals surface area contributed by atoms with Gasteiger partial charge in [-0.25, -0.2) is 4.39 Å². The topological polar surface area (TPSA) is 23.8 Å². The van der Waals surface area contributed by atoms with Crippen LogP contribution in [0.5, 0.6) is 0 Å². The summed E-state index contributed by atoms with van der Waals surface area (Å²) in [4.78, 5) is 0. The molecule has 27 heavy (non-hydrogen) atoms. The van der Waals surface area contributed by atoms with Crippen molar-refractivity contribution in [3.63, 3.8) is 0 Å². The van der Waals surface area contributed by atoms with E-state index in [0.717, 1.165) is 12.1 Å². The second kappa shape index (κ2) is 7.11. The fraction of sp³-hybridized carbons (Fsp3) is 0.389. The van der Waals surface area contributed by atoms with Crippen LogP contribution in [0.3, 0.4) is 0 Å². The summed E-state index contributed by atoms with van der Waals surface area (Å²) in [7, 11) is 0. The van der Waals surface area contributed by atoms with Gasteiger partial charge in [0.15, 0.2) is 0 Å². The van der Waals surface area contributed by atoms with Gasteiger partial charge in [0, 0.05) is 0 Å². The van der Waals surface area contributed by atoms with Crippen molar-refractivity contribution in [3.8, 4) is 6.07 Å². The summed E-state index contributed by atoms with van der Waals surface area (Å²) in [5, 5.41) is 9.25. The summed E-state index contributed by atoms with van der Waals surface area (Å²) in [6.45, 7) is 1.56. The third-order valence-electron chi connectivity index (χ3n) is 4.51. The van der Waals surface area contributed by atoms with Gasteiger partial charge in [-0.1, -0.05) is 42.8 Å². The number of hydrogen-bond donors (Lipinski definition) is 0. The average Bonchev–Trinajstić information content (AvgIpc) is 2.58. The maximum atomic E-state index is 15.4. The number of nitriles is 1. The summed E-state index contributed by atoms with van der Waals surface area (Å²) < 4.78 is 97.5. The van der Waals surface area contributed by atoms with Crippen LogP contribution < -0.4 is 0 Å². The third kappa shape index (κ3) is 3.37. The Morgan fingerprint density at radius 2 is 1.59 bits per heavy atom. The number of alkyl halides is 7. The fourth-order valence-corrected chi connectivity index (χ4v) is 4.25. The Bertz CT molecular complexity index is 815. The Balaban J connectivity index is 3.06. The van der Waals surface area contributed by atoms with Gasteiger partial charge < -0.3 is 0 Å². The molecule has 0 aromatic heterocycles. The molecule has 0 aliphatic heterocycles. The van der Waals surface area contributed by atoms with E-state index >= 15 is 4.39 Å². The van der Waals surface area contributed by atoms with E-state index < -0.39 is 34.6 Å². The zero-order valence-corrected chi connectivity index (χ0v) is 16.0. The summed E-state index contributed by atoms with van der Waals surface area (Å²) >= 11 is 1.60. The SMILES string of the molecule is CCC1=CC(c2ccccc2C#N)(C(F)(C(F)(F)F)C(F)(F)F)C=C(I)C1. The molecule has 0 amide bonds. The largest absolute Gasteiger partial charge is 0.433 e. The molecule has 0 radical (unpaired) electrons. The van der Waals surface area contributed by atoms with E-state index in [2.05, 4.69) is 0 Å². The highest BCUT2D eigenvalue weighted by atomic mass is 127. The molecule has 1 aromatic carbocycles. The van der Waals surface area contributed by atoms with Crippen LogP contribution >= 0.6 is 22.6 Å². The molecule has 0 spiro atoms. The normalized spacial score (nSPS) is 21.3. The summed E-state index contributed by atoms with van der Waals surface area (Å²) in [5.41, 5.74) is -9.76. The van der Waals surface area contributed by atoms with Gasteiger partial charge in [-0.05, 0) is 50.6 Å². The molecular weight excluding hydrogens is 490 g/mol. The van der Waals surface area contributed by atoms with Crippen molar-refractivity contribution < 1.29 is 30.7 Å². The molecule has 0 saturated heterocycles. The van der Waals surface area contributed by atoms with Gasteiger partial charge >= 0.3 is 18.0 Å². The van der Waals surface area contributed by atoms with Crippen molar-refractivity contribution in [1.82, 2.24) is 0 Å². The molecule has 0 bridgehead atoms. The minimum absolute atomic E-state index is 0.124. The molecule has 0 saturated carbocycles. The lowest BCUT2D eigenvalue weighted by atomic mass is 9.63. The van der Waals surface area contributed by atoms with Crippen molar-refractivity contribution >= 4 is 22.6 Å². The Labute approximate surface area is 164 Å². The predicted molar refractivity (Wildman–Crippen MR) is 93.9 cm³/mol. The lowest BCUT2D eigenvalue weighted by Gasteiger charge is -2.45. The lowest BCUT2D eigenvalue weighted by molar-refractivity contribution is -0.354. The number of halogens is 8. The molecule has 0 heterocycles. The van der Waals surface area contributed by atoms with E-state index in [9.17, 15) is 31.6 Å². The molecule has 1 unspecified atom stereocenters. The number of rotatable bonds is 3. The van der Waals surface area contributed by atoms with Crippen LogP contribution in [-0.2, 0) is 5.41 Å². The summed E-state index contributed by atoms with van der Waals surface area (Å²) in [5.74, 6) is 0. The first-order valence-electron chi connectivity index (χ1n) is 7.74. The van der Waals surface area contributed by atoms with Crippen molar-refractivity contribution in [2.45, 2.75) is 43.2 Å². The second-order valence-electron chi connectivity index (χ2n) is 6.10. The monoisotopic (exact) mass is 503 g/mol. The van der Waals surface area contributed by atoms with Gasteiger partial charge in [-0.15, -0.1) is 0 Å². The third-order valence-corrected chi connectivity index (χ3v) is 5.20. The van der Waals surface area contributed by atoms with Gasteiger partial charge in [0.1, 0.15) is 0 Å². The van der Waals surface area contributed by atoms with Crippen LogP contribution in [0.4, 0.5) is 30.7 Å². The van der Waals surface area contributed by atoms with Gasteiger partial charge in [0.2, 0.25) is 0 Å². The van der Waals surface area contributed by atoms with E-state index in [0.29, 0.717) is 12.2 Å². The predicted octanol–water partition coefficient (Wildman–Crippen LogP) is 6.69. The molecule has 0 fully saturated rings. The minimum Gasteiger partial charge on any atom is -0.222 e. The Kier molecular flexibility index (Phi) is 5.72. The quantitative estimate of drug-likeness (QED) is 0.256. The zero-order valence-electron chi connectivity index (χ0n) is 13.8. The molecule has 1 nitrogen and oxygen atoms in total. The molecule has 1 aliphatic carbocycles. The van der Waals surface area contributed by atoms with E-state index in [4.69, 9.17) is 0 Å². The smallest absolute Gasteiger partial charge is 0.222 e. The molecule has 9 heteroatoms. The zero-order chi connectivity index (χ0) is 20.7.